The summed E-state index contributed by atoms with van der Waals surface area (Å²) >= 11 is 2.01. The van der Waals surface area contributed by atoms with Crippen LogP contribution in [0.3, 0.4) is 0 Å². The van der Waals surface area contributed by atoms with Crippen LogP contribution in [0.2, 0.25) is 0 Å². The van der Waals surface area contributed by atoms with Gasteiger partial charge in [-0.1, -0.05) is 30.4 Å². The maximum atomic E-state index is 10.6. The minimum absolute atomic E-state index is 0.0834. The summed E-state index contributed by atoms with van der Waals surface area (Å²) in [6.45, 7) is 1.75. The zero-order valence-electron chi connectivity index (χ0n) is 5.23. The van der Waals surface area contributed by atoms with E-state index in [1.807, 2.05) is 0 Å². The van der Waals surface area contributed by atoms with E-state index >= 15 is 0 Å². The van der Waals surface area contributed by atoms with Crippen LogP contribution >= 0.6 is 23.5 Å². The molecular formula is C5H6O3S2. The molecule has 0 aromatic rings. The zero-order valence-corrected chi connectivity index (χ0v) is 6.87. The molecule has 0 aromatic heterocycles. The Bertz CT molecular complexity index is 180. The molecule has 10 heavy (non-hydrogen) atoms. The molecule has 5 heteroatoms. The number of aliphatic carboxylic acids is 1. The van der Waals surface area contributed by atoms with Crippen molar-refractivity contribution in [1.29, 1.82) is 0 Å². The fraction of sp³-hybridized carbons (Fsp3) is 0.600. The Morgan fingerprint density at radius 1 is 1.60 bits per heavy atom. The molecule has 0 bridgehead atoms. The molecule has 0 amide bonds. The Morgan fingerprint density at radius 2 is 2.20 bits per heavy atom. The minimum atomic E-state index is -0.893. The Kier molecular flexibility index (Phi) is 2.25. The highest BCUT2D eigenvalue weighted by atomic mass is 32.2. The van der Waals surface area contributed by atoms with E-state index in [9.17, 15) is 9.59 Å². The van der Waals surface area contributed by atoms with Gasteiger partial charge in [0.1, 0.15) is 5.25 Å². The normalized spacial score (nSPS) is 32.7. The number of thioether (sulfide) groups is 2. The predicted octanol–water partition coefficient (Wildman–Crippen LogP) is 1.43. The summed E-state index contributed by atoms with van der Waals surface area (Å²) in [7, 11) is 0. The maximum Gasteiger partial charge on any atom is 0.318 e. The monoisotopic (exact) mass is 178 g/mol. The van der Waals surface area contributed by atoms with E-state index in [0.717, 1.165) is 23.5 Å². The second-order valence-electron chi connectivity index (χ2n) is 1.95. The second kappa shape index (κ2) is 2.84. The lowest BCUT2D eigenvalue weighted by Crippen LogP contribution is -2.22. The highest BCUT2D eigenvalue weighted by Crippen LogP contribution is 2.38. The number of carbonyl (C=O) groups excluding carboxylic acids is 1. The van der Waals surface area contributed by atoms with Gasteiger partial charge in [0.25, 0.3) is 0 Å². The number of carbonyl (C=O) groups is 2. The SMILES string of the molecule is C[C@H]1SC(=O)S[C@H]1C(=O)O. The van der Waals surface area contributed by atoms with Crippen LogP contribution < -0.4 is 0 Å². The average Bonchev–Trinajstić information content (AvgIpc) is 2.10. The number of carboxylic acids is 1. The van der Waals surface area contributed by atoms with E-state index < -0.39 is 11.2 Å². The first-order valence-corrected chi connectivity index (χ1v) is 4.47. The number of hydrogen-bond acceptors (Lipinski definition) is 4. The van der Waals surface area contributed by atoms with Gasteiger partial charge in [0, 0.05) is 5.25 Å². The van der Waals surface area contributed by atoms with Crippen molar-refractivity contribution in [2.24, 2.45) is 0 Å². The standard InChI is InChI=1S/C5H6O3S2/c1-2-3(4(6)7)10-5(8)9-2/h2-3H,1H3,(H,6,7)/t2-,3-/m1/s1. The van der Waals surface area contributed by atoms with Crippen LogP contribution in [0.15, 0.2) is 0 Å². The van der Waals surface area contributed by atoms with E-state index in [-0.39, 0.29) is 9.70 Å². The molecule has 1 heterocycles. The van der Waals surface area contributed by atoms with Crippen molar-refractivity contribution in [1.82, 2.24) is 0 Å². The van der Waals surface area contributed by atoms with E-state index in [4.69, 9.17) is 5.11 Å². The molecule has 1 aliphatic heterocycles. The summed E-state index contributed by atoms with van der Waals surface area (Å²) in [6.07, 6.45) is 0. The van der Waals surface area contributed by atoms with Gasteiger partial charge in [-0.3, -0.25) is 9.59 Å². The van der Waals surface area contributed by atoms with Crippen molar-refractivity contribution in [3.8, 4) is 0 Å². The maximum absolute atomic E-state index is 10.6. The van der Waals surface area contributed by atoms with Crippen LogP contribution in [0.5, 0.6) is 0 Å². The van der Waals surface area contributed by atoms with Gasteiger partial charge in [-0.15, -0.1) is 0 Å². The highest BCUT2D eigenvalue weighted by molar-refractivity contribution is 8.42. The van der Waals surface area contributed by atoms with Crippen LogP contribution in [0.25, 0.3) is 0 Å². The van der Waals surface area contributed by atoms with Crippen molar-refractivity contribution < 1.29 is 14.7 Å². The molecule has 0 aliphatic carbocycles. The Morgan fingerprint density at radius 3 is 2.40 bits per heavy atom. The molecule has 56 valence electrons. The molecule has 0 aromatic carbocycles. The van der Waals surface area contributed by atoms with Gasteiger partial charge in [0.2, 0.25) is 4.45 Å². The third-order valence-corrected chi connectivity index (χ3v) is 3.82. The second-order valence-corrected chi connectivity index (χ2v) is 4.67. The Labute approximate surface area is 66.6 Å². The van der Waals surface area contributed by atoms with E-state index in [1.165, 1.54) is 0 Å². The summed E-state index contributed by atoms with van der Waals surface area (Å²) in [6, 6.07) is 0. The molecule has 0 saturated carbocycles. The fourth-order valence-electron chi connectivity index (χ4n) is 0.692. The number of hydrogen-bond donors (Lipinski definition) is 1. The lowest BCUT2D eigenvalue weighted by Gasteiger charge is -2.03. The van der Waals surface area contributed by atoms with Crippen molar-refractivity contribution >= 4 is 33.9 Å². The molecule has 1 rings (SSSR count). The molecule has 1 saturated heterocycles. The van der Waals surface area contributed by atoms with Gasteiger partial charge in [0.15, 0.2) is 0 Å². The van der Waals surface area contributed by atoms with Crippen LogP contribution in [-0.2, 0) is 4.79 Å². The number of rotatable bonds is 1. The van der Waals surface area contributed by atoms with Gasteiger partial charge < -0.3 is 5.11 Å². The van der Waals surface area contributed by atoms with Gasteiger partial charge in [-0.2, -0.15) is 0 Å². The molecular weight excluding hydrogens is 172 g/mol. The summed E-state index contributed by atoms with van der Waals surface area (Å²) in [4.78, 5) is 21.0. The smallest absolute Gasteiger partial charge is 0.318 e. The quantitative estimate of drug-likeness (QED) is 0.658. The summed E-state index contributed by atoms with van der Waals surface area (Å²) in [5.41, 5.74) is 0. The van der Waals surface area contributed by atoms with Crippen molar-refractivity contribution in [2.45, 2.75) is 17.4 Å². The molecule has 0 radical (unpaired) electrons. The van der Waals surface area contributed by atoms with Crippen LogP contribution in [0.1, 0.15) is 6.92 Å². The highest BCUT2D eigenvalue weighted by Gasteiger charge is 2.36. The minimum Gasteiger partial charge on any atom is -0.480 e. The Balaban J connectivity index is 2.63. The predicted molar refractivity (Wildman–Crippen MR) is 41.5 cm³/mol. The van der Waals surface area contributed by atoms with Crippen LogP contribution in [0.4, 0.5) is 4.79 Å². The van der Waals surface area contributed by atoms with Crippen molar-refractivity contribution in [3.05, 3.63) is 0 Å². The molecule has 1 aliphatic rings. The number of carboxylic acid groups (broad SMARTS) is 1. The molecule has 0 spiro atoms. The van der Waals surface area contributed by atoms with Crippen LogP contribution in [0, 0.1) is 0 Å². The topological polar surface area (TPSA) is 54.4 Å². The fourth-order valence-corrected chi connectivity index (χ4v) is 3.06. The summed E-state index contributed by atoms with van der Waals surface area (Å²) < 4.78 is -0.0834. The summed E-state index contributed by atoms with van der Waals surface area (Å²) in [5, 5.41) is 7.88. The molecule has 3 nitrogen and oxygen atoms in total. The van der Waals surface area contributed by atoms with Crippen LogP contribution in [-0.4, -0.2) is 26.0 Å². The lowest BCUT2D eigenvalue weighted by molar-refractivity contribution is -0.136. The zero-order chi connectivity index (χ0) is 7.72. The van der Waals surface area contributed by atoms with E-state index in [1.54, 1.807) is 6.92 Å². The largest absolute Gasteiger partial charge is 0.480 e. The average molecular weight is 178 g/mol. The molecule has 1 fully saturated rings. The van der Waals surface area contributed by atoms with E-state index in [0.29, 0.717) is 0 Å². The first-order valence-electron chi connectivity index (χ1n) is 2.71. The van der Waals surface area contributed by atoms with E-state index in [2.05, 4.69) is 0 Å². The van der Waals surface area contributed by atoms with Gasteiger partial charge in [-0.05, 0) is 0 Å². The van der Waals surface area contributed by atoms with Gasteiger partial charge in [-0.25, -0.2) is 0 Å². The third-order valence-electron chi connectivity index (χ3n) is 1.18. The Hall–Kier alpha value is -0.160. The third kappa shape index (κ3) is 1.46. The van der Waals surface area contributed by atoms with Crippen molar-refractivity contribution in [3.63, 3.8) is 0 Å². The lowest BCUT2D eigenvalue weighted by atomic mass is 10.3. The van der Waals surface area contributed by atoms with Gasteiger partial charge in [0.05, 0.1) is 0 Å². The van der Waals surface area contributed by atoms with Crippen molar-refractivity contribution in [2.75, 3.05) is 0 Å². The molecule has 0 unspecified atom stereocenters. The first kappa shape index (κ1) is 7.94. The first-order chi connectivity index (χ1) is 4.61. The molecule has 2 atom stereocenters. The molecule has 1 N–H and O–H groups in total. The summed E-state index contributed by atoms with van der Waals surface area (Å²) in [5.74, 6) is -0.893. The van der Waals surface area contributed by atoms with Gasteiger partial charge >= 0.3 is 5.97 Å².